The van der Waals surface area contributed by atoms with E-state index in [4.69, 9.17) is 9.47 Å². The highest BCUT2D eigenvalue weighted by atomic mass is 16.6. The molecule has 0 radical (unpaired) electrons. The van der Waals surface area contributed by atoms with Gasteiger partial charge in [-0.3, -0.25) is 4.79 Å². The van der Waals surface area contributed by atoms with Crippen LogP contribution in [0.3, 0.4) is 0 Å². The summed E-state index contributed by atoms with van der Waals surface area (Å²) in [7, 11) is 4.13. The van der Waals surface area contributed by atoms with Gasteiger partial charge >= 0.3 is 0 Å². The first kappa shape index (κ1) is 16.8. The van der Waals surface area contributed by atoms with E-state index in [9.17, 15) is 4.79 Å². The van der Waals surface area contributed by atoms with E-state index in [1.165, 1.54) is 11.1 Å². The van der Waals surface area contributed by atoms with Crippen molar-refractivity contribution in [3.63, 3.8) is 0 Å². The monoisotopic (exact) mass is 330 g/mol. The number of ether oxygens (including phenoxy) is 2. The Balaban J connectivity index is 1.76. The van der Waals surface area contributed by atoms with Crippen LogP contribution in [0.4, 0.5) is 0 Å². The van der Waals surface area contributed by atoms with Gasteiger partial charge in [0, 0.05) is 13.1 Å². The van der Waals surface area contributed by atoms with Crippen LogP contribution in [0.25, 0.3) is 0 Å². The molecule has 0 saturated carbocycles. The minimum absolute atomic E-state index is 0.0490. The standard InChI is InChI=1S/C19H26N2O3/c1-14-18(24-12-11-23-14)19(22)21-10-4-5-17(21)16-8-6-15(7-9-16)13-20(2)3/h6-9,17H,4-5,10-13H2,1-3H3. The Morgan fingerprint density at radius 2 is 1.92 bits per heavy atom. The van der Waals surface area contributed by atoms with E-state index in [-0.39, 0.29) is 11.9 Å². The van der Waals surface area contributed by atoms with Crippen LogP contribution >= 0.6 is 0 Å². The first-order valence-corrected chi connectivity index (χ1v) is 8.57. The molecule has 2 aliphatic heterocycles. The van der Waals surface area contributed by atoms with Gasteiger partial charge in [0.1, 0.15) is 19.0 Å². The van der Waals surface area contributed by atoms with Crippen LogP contribution in [-0.4, -0.2) is 49.6 Å². The van der Waals surface area contributed by atoms with Crippen LogP contribution in [0.15, 0.2) is 35.8 Å². The summed E-state index contributed by atoms with van der Waals surface area (Å²) in [5.41, 5.74) is 2.47. The van der Waals surface area contributed by atoms with Gasteiger partial charge in [0.05, 0.1) is 6.04 Å². The maximum atomic E-state index is 12.9. The van der Waals surface area contributed by atoms with Crippen molar-refractivity contribution in [2.75, 3.05) is 33.9 Å². The predicted molar refractivity (Wildman–Crippen MR) is 92.1 cm³/mol. The second-order valence-corrected chi connectivity index (χ2v) is 6.72. The molecule has 1 atom stereocenters. The Labute approximate surface area is 143 Å². The van der Waals surface area contributed by atoms with Crippen molar-refractivity contribution in [3.8, 4) is 0 Å². The molecule has 1 unspecified atom stereocenters. The van der Waals surface area contributed by atoms with Crippen molar-refractivity contribution in [1.82, 2.24) is 9.80 Å². The summed E-state index contributed by atoms with van der Waals surface area (Å²) in [5.74, 6) is 0.919. The number of likely N-dealkylation sites (tertiary alicyclic amines) is 1. The summed E-state index contributed by atoms with van der Waals surface area (Å²) in [6, 6.07) is 8.72. The number of rotatable bonds is 4. The first-order valence-electron chi connectivity index (χ1n) is 8.57. The van der Waals surface area contributed by atoms with Gasteiger partial charge in [0.2, 0.25) is 5.76 Å². The summed E-state index contributed by atoms with van der Waals surface area (Å²) in [4.78, 5) is 16.9. The van der Waals surface area contributed by atoms with E-state index in [0.29, 0.717) is 24.7 Å². The quantitative estimate of drug-likeness (QED) is 0.851. The highest BCUT2D eigenvalue weighted by molar-refractivity contribution is 5.92. The van der Waals surface area contributed by atoms with Crippen molar-refractivity contribution in [1.29, 1.82) is 0 Å². The molecule has 3 rings (SSSR count). The summed E-state index contributed by atoms with van der Waals surface area (Å²) in [6.45, 7) is 4.44. The second-order valence-electron chi connectivity index (χ2n) is 6.72. The molecule has 0 aromatic heterocycles. The zero-order valence-electron chi connectivity index (χ0n) is 14.7. The number of allylic oxidation sites excluding steroid dienone is 1. The van der Waals surface area contributed by atoms with E-state index < -0.39 is 0 Å². The highest BCUT2D eigenvalue weighted by Crippen LogP contribution is 2.34. The van der Waals surface area contributed by atoms with Crippen LogP contribution < -0.4 is 0 Å². The summed E-state index contributed by atoms with van der Waals surface area (Å²) in [6.07, 6.45) is 2.01. The molecule has 5 nitrogen and oxygen atoms in total. The molecule has 1 saturated heterocycles. The normalized spacial score (nSPS) is 21.0. The lowest BCUT2D eigenvalue weighted by Crippen LogP contribution is -2.34. The fraction of sp³-hybridized carbons (Fsp3) is 0.526. The second kappa shape index (κ2) is 7.26. The molecule has 0 bridgehead atoms. The number of amides is 1. The number of carbonyl (C=O) groups is 1. The zero-order valence-corrected chi connectivity index (χ0v) is 14.7. The van der Waals surface area contributed by atoms with Crippen LogP contribution in [-0.2, 0) is 20.8 Å². The van der Waals surface area contributed by atoms with Gasteiger partial charge < -0.3 is 19.3 Å². The molecule has 2 heterocycles. The van der Waals surface area contributed by atoms with Gasteiger partial charge in [-0.2, -0.15) is 0 Å². The van der Waals surface area contributed by atoms with Gasteiger partial charge in [-0.05, 0) is 45.0 Å². The maximum Gasteiger partial charge on any atom is 0.293 e. The van der Waals surface area contributed by atoms with E-state index in [1.807, 2.05) is 4.90 Å². The number of hydrogen-bond donors (Lipinski definition) is 0. The topological polar surface area (TPSA) is 42.0 Å². The molecule has 0 spiro atoms. The minimum atomic E-state index is -0.0490. The Bertz CT molecular complexity index is 622. The zero-order chi connectivity index (χ0) is 17.1. The van der Waals surface area contributed by atoms with Gasteiger partial charge in [0.25, 0.3) is 5.91 Å². The Morgan fingerprint density at radius 3 is 2.58 bits per heavy atom. The van der Waals surface area contributed by atoms with Gasteiger partial charge in [-0.15, -0.1) is 0 Å². The molecule has 24 heavy (non-hydrogen) atoms. The number of carbonyl (C=O) groups excluding carboxylic acids is 1. The van der Waals surface area contributed by atoms with Gasteiger partial charge in [-0.1, -0.05) is 24.3 Å². The third-order valence-electron chi connectivity index (χ3n) is 4.54. The molecule has 1 fully saturated rings. The predicted octanol–water partition coefficient (Wildman–Crippen LogP) is 2.69. The molecular formula is C19H26N2O3. The molecule has 1 aromatic carbocycles. The molecule has 0 aliphatic carbocycles. The molecule has 1 amide bonds. The molecule has 130 valence electrons. The summed E-state index contributed by atoms with van der Waals surface area (Å²) < 4.78 is 11.0. The Kier molecular flexibility index (Phi) is 5.09. The van der Waals surface area contributed by atoms with Crippen LogP contribution in [0.5, 0.6) is 0 Å². The minimum Gasteiger partial charge on any atom is -0.491 e. The lowest BCUT2D eigenvalue weighted by molar-refractivity contribution is -0.133. The number of hydrogen-bond acceptors (Lipinski definition) is 4. The van der Waals surface area contributed by atoms with Crippen molar-refractivity contribution in [2.24, 2.45) is 0 Å². The average molecular weight is 330 g/mol. The van der Waals surface area contributed by atoms with Crippen molar-refractivity contribution >= 4 is 5.91 Å². The van der Waals surface area contributed by atoms with Crippen molar-refractivity contribution in [3.05, 3.63) is 46.9 Å². The largest absolute Gasteiger partial charge is 0.491 e. The SMILES string of the molecule is CC1=C(C(=O)N2CCCC2c2ccc(CN(C)C)cc2)OCCO1. The smallest absolute Gasteiger partial charge is 0.293 e. The highest BCUT2D eigenvalue weighted by Gasteiger charge is 2.34. The molecule has 5 heteroatoms. The fourth-order valence-corrected chi connectivity index (χ4v) is 3.42. The lowest BCUT2D eigenvalue weighted by Gasteiger charge is -2.28. The number of nitrogens with zero attached hydrogens (tertiary/aromatic N) is 2. The van der Waals surface area contributed by atoms with Crippen molar-refractivity contribution < 1.29 is 14.3 Å². The molecule has 0 N–H and O–H groups in total. The van der Waals surface area contributed by atoms with E-state index in [0.717, 1.165) is 25.9 Å². The van der Waals surface area contributed by atoms with E-state index in [2.05, 4.69) is 43.3 Å². The van der Waals surface area contributed by atoms with Crippen LogP contribution in [0, 0.1) is 0 Å². The van der Waals surface area contributed by atoms with Crippen molar-refractivity contribution in [2.45, 2.75) is 32.4 Å². The Hall–Kier alpha value is -2.01. The first-order chi connectivity index (χ1) is 11.6. The van der Waals surface area contributed by atoms with Gasteiger partial charge in [-0.25, -0.2) is 0 Å². The maximum absolute atomic E-state index is 12.9. The average Bonchev–Trinajstić information content (AvgIpc) is 3.04. The van der Waals surface area contributed by atoms with Crippen LogP contribution in [0.2, 0.25) is 0 Å². The Morgan fingerprint density at radius 1 is 1.21 bits per heavy atom. The van der Waals surface area contributed by atoms with Gasteiger partial charge in [0.15, 0.2) is 0 Å². The van der Waals surface area contributed by atoms with E-state index >= 15 is 0 Å². The third-order valence-corrected chi connectivity index (χ3v) is 4.54. The molecular weight excluding hydrogens is 304 g/mol. The number of benzene rings is 1. The molecule has 2 aliphatic rings. The van der Waals surface area contributed by atoms with E-state index in [1.54, 1.807) is 6.92 Å². The summed E-state index contributed by atoms with van der Waals surface area (Å²) in [5, 5.41) is 0. The van der Waals surface area contributed by atoms with Crippen LogP contribution in [0.1, 0.15) is 36.9 Å². The lowest BCUT2D eigenvalue weighted by atomic mass is 10.0. The fourth-order valence-electron chi connectivity index (χ4n) is 3.42. The summed E-state index contributed by atoms with van der Waals surface area (Å²) >= 11 is 0. The molecule has 1 aromatic rings. The third kappa shape index (κ3) is 3.56.